The minimum atomic E-state index is -1.04. The van der Waals surface area contributed by atoms with Gasteiger partial charge in [0.15, 0.2) is 5.92 Å². The maximum absolute atomic E-state index is 13.8. The molecule has 0 unspecified atom stereocenters. The van der Waals surface area contributed by atoms with Gasteiger partial charge >= 0.3 is 5.97 Å². The van der Waals surface area contributed by atoms with E-state index in [0.29, 0.717) is 38.0 Å². The molecule has 3 aromatic rings. The molecule has 0 radical (unpaired) electrons. The van der Waals surface area contributed by atoms with E-state index >= 15 is 0 Å². The topological polar surface area (TPSA) is 82.9 Å². The van der Waals surface area contributed by atoms with Gasteiger partial charge in [-0.3, -0.25) is 14.5 Å². The molecule has 2 aromatic carbocycles. The van der Waals surface area contributed by atoms with Crippen molar-refractivity contribution in [1.82, 2.24) is 9.55 Å². The van der Waals surface area contributed by atoms with Gasteiger partial charge in [-0.15, -0.1) is 0 Å². The van der Waals surface area contributed by atoms with Gasteiger partial charge in [-0.25, -0.2) is 4.98 Å². The maximum atomic E-state index is 13.8. The number of nitrogens with zero attached hydrogens (tertiary/aromatic N) is 3. The quantitative estimate of drug-likeness (QED) is 0.220. The molecule has 0 N–H and O–H groups in total. The van der Waals surface area contributed by atoms with Crippen LogP contribution in [-0.4, -0.2) is 54.9 Å². The number of ether oxygens (including phenoxy) is 3. The van der Waals surface area contributed by atoms with Crippen LogP contribution >= 0.6 is 0 Å². The minimum Gasteiger partial charge on any atom is -0.494 e. The number of hydrogen-bond acceptors (Lipinski definition) is 6. The van der Waals surface area contributed by atoms with E-state index in [1.54, 1.807) is 18.9 Å². The second-order valence-electron chi connectivity index (χ2n) is 9.38. The first kappa shape index (κ1) is 25.7. The van der Waals surface area contributed by atoms with E-state index < -0.39 is 17.9 Å². The van der Waals surface area contributed by atoms with Crippen molar-refractivity contribution in [3.63, 3.8) is 0 Å². The van der Waals surface area contributed by atoms with Gasteiger partial charge in [-0.1, -0.05) is 38.1 Å². The van der Waals surface area contributed by atoms with Gasteiger partial charge in [-0.2, -0.15) is 0 Å². The number of carbonyl (C=O) groups is 2. The second-order valence-corrected chi connectivity index (χ2v) is 9.38. The van der Waals surface area contributed by atoms with E-state index in [4.69, 9.17) is 19.2 Å². The Morgan fingerprint density at radius 2 is 1.83 bits per heavy atom. The first-order chi connectivity index (χ1) is 17.5. The van der Waals surface area contributed by atoms with E-state index in [2.05, 4.69) is 13.8 Å². The standard InChI is InChI=1S/C28H35N3O5/c1-5-35-27(33)24-25(20-11-13-21(14-12-20)36-18-15-19(2)3)31-23-10-7-6-9-22(23)29-28(31)30(26(24)32)16-8-17-34-4/h6-7,9-14,19,24-25H,5,8,15-18H2,1-4H3/t24-,25-/m1/s1. The van der Waals surface area contributed by atoms with Crippen molar-refractivity contribution in [2.24, 2.45) is 11.8 Å². The first-order valence-corrected chi connectivity index (χ1v) is 12.6. The van der Waals surface area contributed by atoms with E-state index in [9.17, 15) is 9.59 Å². The van der Waals surface area contributed by atoms with Crippen LogP contribution in [0.2, 0.25) is 0 Å². The van der Waals surface area contributed by atoms with E-state index in [-0.39, 0.29) is 12.5 Å². The molecule has 8 nitrogen and oxygen atoms in total. The Kier molecular flexibility index (Phi) is 8.25. The Bertz CT molecular complexity index is 1190. The summed E-state index contributed by atoms with van der Waals surface area (Å²) in [5.41, 5.74) is 2.44. The highest BCUT2D eigenvalue weighted by atomic mass is 16.5. The molecule has 1 amide bonds. The van der Waals surface area contributed by atoms with Gasteiger partial charge in [-0.05, 0) is 55.5 Å². The molecule has 0 fully saturated rings. The Morgan fingerprint density at radius 3 is 2.53 bits per heavy atom. The van der Waals surface area contributed by atoms with Crippen LogP contribution in [0.25, 0.3) is 11.0 Å². The molecule has 4 rings (SSSR count). The lowest BCUT2D eigenvalue weighted by atomic mass is 9.89. The predicted octanol–water partition coefficient (Wildman–Crippen LogP) is 4.61. The average molecular weight is 494 g/mol. The van der Waals surface area contributed by atoms with Crippen molar-refractivity contribution in [3.05, 3.63) is 54.1 Å². The van der Waals surface area contributed by atoms with Crippen LogP contribution in [0.4, 0.5) is 5.95 Å². The Labute approximate surface area is 212 Å². The van der Waals surface area contributed by atoms with Gasteiger partial charge in [0.25, 0.3) is 0 Å². The van der Waals surface area contributed by atoms with Crippen LogP contribution < -0.4 is 9.64 Å². The number of para-hydroxylation sites is 2. The first-order valence-electron chi connectivity index (χ1n) is 12.6. The second kappa shape index (κ2) is 11.6. The van der Waals surface area contributed by atoms with Gasteiger partial charge in [0.05, 0.1) is 30.3 Å². The molecule has 0 bridgehead atoms. The lowest BCUT2D eigenvalue weighted by Gasteiger charge is -2.38. The molecular weight excluding hydrogens is 458 g/mol. The number of imidazole rings is 1. The number of carbonyl (C=O) groups excluding carboxylic acids is 2. The summed E-state index contributed by atoms with van der Waals surface area (Å²) in [5, 5.41) is 0. The van der Waals surface area contributed by atoms with Gasteiger partial charge in [0, 0.05) is 20.3 Å². The van der Waals surface area contributed by atoms with E-state index in [0.717, 1.165) is 28.8 Å². The number of methoxy groups -OCH3 is 1. The van der Waals surface area contributed by atoms with Crippen molar-refractivity contribution in [2.45, 2.75) is 39.7 Å². The van der Waals surface area contributed by atoms with Crippen molar-refractivity contribution in [1.29, 1.82) is 0 Å². The third kappa shape index (κ3) is 5.23. The summed E-state index contributed by atoms with van der Waals surface area (Å²) >= 11 is 0. The van der Waals surface area contributed by atoms with Crippen molar-refractivity contribution >= 4 is 28.9 Å². The smallest absolute Gasteiger partial charge is 0.321 e. The highest BCUT2D eigenvalue weighted by Gasteiger charge is 2.47. The molecule has 0 aliphatic carbocycles. The van der Waals surface area contributed by atoms with Crippen molar-refractivity contribution in [2.75, 3.05) is 38.4 Å². The molecule has 0 saturated heterocycles. The fourth-order valence-electron chi connectivity index (χ4n) is 4.60. The monoisotopic (exact) mass is 493 g/mol. The Morgan fingerprint density at radius 1 is 1.08 bits per heavy atom. The molecule has 0 spiro atoms. The van der Waals surface area contributed by atoms with Crippen molar-refractivity contribution < 1.29 is 23.8 Å². The van der Waals surface area contributed by atoms with E-state index in [1.165, 1.54) is 0 Å². The summed E-state index contributed by atoms with van der Waals surface area (Å²) in [6, 6.07) is 14.8. The third-order valence-corrected chi connectivity index (χ3v) is 6.40. The highest BCUT2D eigenvalue weighted by molar-refractivity contribution is 6.08. The molecule has 2 heterocycles. The van der Waals surface area contributed by atoms with E-state index in [1.807, 2.05) is 53.1 Å². The highest BCUT2D eigenvalue weighted by Crippen LogP contribution is 2.41. The maximum Gasteiger partial charge on any atom is 0.321 e. The molecule has 192 valence electrons. The molecule has 2 atom stereocenters. The van der Waals surface area contributed by atoms with Gasteiger partial charge < -0.3 is 18.8 Å². The SMILES string of the molecule is CCOC(=O)[C@H]1C(=O)N(CCCOC)c2nc3ccccc3n2[C@@H]1c1ccc(OCCC(C)C)cc1. The number of esters is 1. The Hall–Kier alpha value is -3.39. The summed E-state index contributed by atoms with van der Waals surface area (Å²) < 4.78 is 18.5. The number of benzene rings is 2. The van der Waals surface area contributed by atoms with Gasteiger partial charge in [0.2, 0.25) is 11.9 Å². The van der Waals surface area contributed by atoms with Crippen LogP contribution in [0.15, 0.2) is 48.5 Å². The van der Waals surface area contributed by atoms with Crippen LogP contribution in [-0.2, 0) is 19.1 Å². The normalized spacial score (nSPS) is 17.5. The molecule has 36 heavy (non-hydrogen) atoms. The Balaban J connectivity index is 1.79. The number of anilines is 1. The summed E-state index contributed by atoms with van der Waals surface area (Å²) in [7, 11) is 1.63. The zero-order chi connectivity index (χ0) is 25.7. The lowest BCUT2D eigenvalue weighted by molar-refractivity contribution is -0.153. The number of hydrogen-bond donors (Lipinski definition) is 0. The fourth-order valence-corrected chi connectivity index (χ4v) is 4.60. The number of amides is 1. The largest absolute Gasteiger partial charge is 0.494 e. The zero-order valence-electron chi connectivity index (χ0n) is 21.5. The van der Waals surface area contributed by atoms with Crippen LogP contribution in [0, 0.1) is 11.8 Å². The molecule has 0 saturated carbocycles. The molecule has 8 heteroatoms. The van der Waals surface area contributed by atoms with Crippen molar-refractivity contribution in [3.8, 4) is 5.75 Å². The minimum absolute atomic E-state index is 0.194. The average Bonchev–Trinajstić information content (AvgIpc) is 3.24. The predicted molar refractivity (Wildman–Crippen MR) is 138 cm³/mol. The number of aromatic nitrogens is 2. The van der Waals surface area contributed by atoms with Gasteiger partial charge in [0.1, 0.15) is 5.75 Å². The molecule has 1 aromatic heterocycles. The molecule has 1 aliphatic rings. The van der Waals surface area contributed by atoms with Crippen LogP contribution in [0.5, 0.6) is 5.75 Å². The fraction of sp³-hybridized carbons (Fsp3) is 0.464. The van der Waals surface area contributed by atoms with Crippen LogP contribution in [0.1, 0.15) is 45.2 Å². The molecule has 1 aliphatic heterocycles. The number of rotatable bonds is 11. The summed E-state index contributed by atoms with van der Waals surface area (Å²) in [5.74, 6) is -0.0428. The summed E-state index contributed by atoms with van der Waals surface area (Å²) in [6.07, 6.45) is 1.58. The zero-order valence-corrected chi connectivity index (χ0v) is 21.5. The van der Waals surface area contributed by atoms with Crippen LogP contribution in [0.3, 0.4) is 0 Å². The third-order valence-electron chi connectivity index (χ3n) is 6.40. The number of fused-ring (bicyclic) bond motifs is 3. The summed E-state index contributed by atoms with van der Waals surface area (Å²) in [4.78, 5) is 33.5. The summed E-state index contributed by atoms with van der Waals surface area (Å²) in [6.45, 7) is 7.78. The lowest BCUT2D eigenvalue weighted by Crippen LogP contribution is -2.50. The molecular formula is C28H35N3O5.